The number of carbonyl (C=O) groups excluding carboxylic acids is 1. The van der Waals surface area contributed by atoms with E-state index in [0.29, 0.717) is 25.0 Å². The average molecular weight is 407 g/mol. The Labute approximate surface area is 172 Å². The second-order valence-electron chi connectivity index (χ2n) is 8.96. The molecule has 0 saturated carbocycles. The summed E-state index contributed by atoms with van der Waals surface area (Å²) in [6.07, 6.45) is 1.50. The molecule has 3 aliphatic rings. The van der Waals surface area contributed by atoms with Gasteiger partial charge in [0.1, 0.15) is 0 Å². The van der Waals surface area contributed by atoms with Gasteiger partial charge in [-0.3, -0.25) is 19.2 Å². The van der Waals surface area contributed by atoms with Crippen LogP contribution in [-0.4, -0.2) is 68.0 Å². The molecule has 0 unspecified atom stereocenters. The number of nitrogens with zero attached hydrogens (tertiary/aromatic N) is 4. The van der Waals surface area contributed by atoms with Crippen LogP contribution in [-0.2, 0) is 20.9 Å². The van der Waals surface area contributed by atoms with E-state index in [-0.39, 0.29) is 30.2 Å². The number of likely N-dealkylation sites (tertiary alicyclic amines) is 1. The van der Waals surface area contributed by atoms with Gasteiger partial charge in [-0.2, -0.15) is 5.10 Å². The predicted molar refractivity (Wildman–Crippen MR) is 108 cm³/mol. The summed E-state index contributed by atoms with van der Waals surface area (Å²) in [6.45, 7) is 15.2. The third-order valence-corrected chi connectivity index (χ3v) is 6.69. The third-order valence-electron chi connectivity index (χ3n) is 6.69. The van der Waals surface area contributed by atoms with Crippen LogP contribution in [0.3, 0.4) is 0 Å². The smallest absolute Gasteiger partial charge is 0.290 e. The van der Waals surface area contributed by atoms with Crippen molar-refractivity contribution in [3.8, 4) is 0 Å². The third kappa shape index (κ3) is 3.46. The number of carbonyl (C=O) groups is 2. The summed E-state index contributed by atoms with van der Waals surface area (Å²) in [4.78, 5) is 25.7. The van der Waals surface area contributed by atoms with E-state index in [1.165, 1.54) is 11.3 Å². The second-order valence-corrected chi connectivity index (χ2v) is 8.96. The average Bonchev–Trinajstić information content (AvgIpc) is 3.33. The zero-order chi connectivity index (χ0) is 21.5. The van der Waals surface area contributed by atoms with Gasteiger partial charge in [-0.25, -0.2) is 0 Å². The number of aryl methyl sites for hydroxylation is 1. The maximum atomic E-state index is 12.8. The van der Waals surface area contributed by atoms with Crippen molar-refractivity contribution < 1.29 is 19.4 Å². The first kappa shape index (κ1) is 21.8. The molecule has 3 aliphatic heterocycles. The summed E-state index contributed by atoms with van der Waals surface area (Å²) in [7, 11) is 0. The maximum Gasteiger partial charge on any atom is 0.290 e. The topological polar surface area (TPSA) is 87.9 Å². The highest BCUT2D eigenvalue weighted by Crippen LogP contribution is 2.49. The molecular weight excluding hydrogens is 372 g/mol. The molecule has 4 rings (SSSR count). The lowest BCUT2D eigenvalue weighted by Gasteiger charge is -2.34. The van der Waals surface area contributed by atoms with E-state index in [1.807, 2.05) is 0 Å². The minimum atomic E-state index is -0.387. The van der Waals surface area contributed by atoms with E-state index in [4.69, 9.17) is 19.7 Å². The van der Waals surface area contributed by atoms with Crippen LogP contribution in [0.25, 0.3) is 0 Å². The number of amides is 1. The van der Waals surface area contributed by atoms with Crippen molar-refractivity contribution in [1.82, 2.24) is 19.6 Å². The number of carboxylic acid groups (broad SMARTS) is 1. The van der Waals surface area contributed by atoms with Crippen molar-refractivity contribution in [2.24, 2.45) is 5.92 Å². The van der Waals surface area contributed by atoms with E-state index in [2.05, 4.69) is 56.0 Å². The molecule has 1 aromatic rings. The Kier molecular flexibility index (Phi) is 6.06. The Morgan fingerprint density at radius 1 is 1.31 bits per heavy atom. The molecule has 1 amide bonds. The van der Waals surface area contributed by atoms with Crippen LogP contribution in [0.2, 0.25) is 0 Å². The van der Waals surface area contributed by atoms with Gasteiger partial charge in [0, 0.05) is 43.2 Å². The molecule has 162 valence electrons. The molecule has 0 aromatic carbocycles. The first-order valence-corrected chi connectivity index (χ1v) is 10.5. The van der Waals surface area contributed by atoms with E-state index in [9.17, 15) is 4.79 Å². The first-order chi connectivity index (χ1) is 13.7. The standard InChI is InChI=1S/C20H32N4O2.CH2O2/c1-12(2)17-11-26-20-7-8-22(18(20)9-19(25)23(17)20)10-16-14(5)21-24(13(3)4)15(16)6;2-1-3/h12-13,17-18H,7-11H2,1-6H3;1H,(H,2,3)/t17-,18+,20-;/m0./s1. The molecule has 0 radical (unpaired) electrons. The zero-order valence-corrected chi connectivity index (χ0v) is 18.4. The first-order valence-electron chi connectivity index (χ1n) is 10.5. The van der Waals surface area contributed by atoms with E-state index in [0.717, 1.165) is 25.2 Å². The number of aromatic nitrogens is 2. The van der Waals surface area contributed by atoms with Crippen molar-refractivity contribution >= 4 is 12.4 Å². The Bertz CT molecular complexity index is 775. The molecule has 0 aliphatic carbocycles. The van der Waals surface area contributed by atoms with Crippen LogP contribution < -0.4 is 0 Å². The molecule has 8 nitrogen and oxygen atoms in total. The number of hydrogen-bond donors (Lipinski definition) is 1. The number of rotatable bonds is 4. The summed E-state index contributed by atoms with van der Waals surface area (Å²) in [5.74, 6) is 0.696. The van der Waals surface area contributed by atoms with Gasteiger partial charge in [0.15, 0.2) is 5.72 Å². The van der Waals surface area contributed by atoms with Gasteiger partial charge in [0.05, 0.1) is 24.4 Å². The zero-order valence-electron chi connectivity index (χ0n) is 18.4. The van der Waals surface area contributed by atoms with Crippen molar-refractivity contribution in [3.63, 3.8) is 0 Å². The van der Waals surface area contributed by atoms with Gasteiger partial charge in [-0.15, -0.1) is 0 Å². The summed E-state index contributed by atoms with van der Waals surface area (Å²) in [5.41, 5.74) is 3.26. The Morgan fingerprint density at radius 3 is 2.52 bits per heavy atom. The highest BCUT2D eigenvalue weighted by atomic mass is 16.5. The van der Waals surface area contributed by atoms with Gasteiger partial charge in [0.25, 0.3) is 6.47 Å². The SMILES string of the molecule is Cc1nn(C(C)C)c(C)c1CN1CC[C@@]23OC[C@@H](C(C)C)N2C(=O)C[C@@H]13.O=CO. The van der Waals surface area contributed by atoms with Crippen LogP contribution in [0.4, 0.5) is 0 Å². The fourth-order valence-corrected chi connectivity index (χ4v) is 5.28. The maximum absolute atomic E-state index is 12.8. The normalized spacial score (nSPS) is 28.7. The van der Waals surface area contributed by atoms with Gasteiger partial charge >= 0.3 is 0 Å². The molecular formula is C21H34N4O4. The summed E-state index contributed by atoms with van der Waals surface area (Å²) in [6, 6.07) is 0.750. The summed E-state index contributed by atoms with van der Waals surface area (Å²) >= 11 is 0. The lowest BCUT2D eigenvalue weighted by molar-refractivity contribution is -0.139. The van der Waals surface area contributed by atoms with Gasteiger partial charge in [-0.05, 0) is 33.6 Å². The molecule has 3 atom stereocenters. The minimum absolute atomic E-state index is 0.167. The minimum Gasteiger partial charge on any atom is -0.483 e. The van der Waals surface area contributed by atoms with Crippen LogP contribution in [0.5, 0.6) is 0 Å². The van der Waals surface area contributed by atoms with Gasteiger partial charge < -0.3 is 14.7 Å². The Hall–Kier alpha value is -1.93. The van der Waals surface area contributed by atoms with Crippen molar-refractivity contribution in [1.29, 1.82) is 0 Å². The van der Waals surface area contributed by atoms with Crippen molar-refractivity contribution in [2.75, 3.05) is 13.2 Å². The van der Waals surface area contributed by atoms with Crippen LogP contribution >= 0.6 is 0 Å². The second kappa shape index (κ2) is 8.07. The lowest BCUT2D eigenvalue weighted by Crippen LogP contribution is -2.50. The van der Waals surface area contributed by atoms with Crippen LogP contribution in [0.15, 0.2) is 0 Å². The fraction of sp³-hybridized carbons (Fsp3) is 0.762. The highest BCUT2D eigenvalue weighted by Gasteiger charge is 2.64. The fourth-order valence-electron chi connectivity index (χ4n) is 5.28. The molecule has 4 heterocycles. The molecule has 0 bridgehead atoms. The number of ether oxygens (including phenoxy) is 1. The summed E-state index contributed by atoms with van der Waals surface area (Å²) in [5, 5.41) is 11.6. The largest absolute Gasteiger partial charge is 0.483 e. The highest BCUT2D eigenvalue weighted by molar-refractivity contribution is 5.82. The van der Waals surface area contributed by atoms with Crippen LogP contribution in [0, 0.1) is 19.8 Å². The Balaban J connectivity index is 0.000000755. The van der Waals surface area contributed by atoms with Gasteiger partial charge in [-0.1, -0.05) is 13.8 Å². The molecule has 29 heavy (non-hydrogen) atoms. The van der Waals surface area contributed by atoms with Crippen molar-refractivity contribution in [2.45, 2.75) is 84.8 Å². The molecule has 1 aromatic heterocycles. The molecule has 1 N–H and O–H groups in total. The molecule has 3 fully saturated rings. The van der Waals surface area contributed by atoms with Crippen LogP contribution in [0.1, 0.15) is 63.5 Å². The Morgan fingerprint density at radius 2 is 1.97 bits per heavy atom. The lowest BCUT2D eigenvalue weighted by atomic mass is 10.0. The molecule has 1 spiro atoms. The predicted octanol–water partition coefficient (Wildman–Crippen LogP) is 2.34. The molecule has 8 heteroatoms. The van der Waals surface area contributed by atoms with Gasteiger partial charge in [0.2, 0.25) is 5.91 Å². The van der Waals surface area contributed by atoms with E-state index >= 15 is 0 Å². The van der Waals surface area contributed by atoms with E-state index < -0.39 is 0 Å². The molecule has 3 saturated heterocycles. The van der Waals surface area contributed by atoms with E-state index in [1.54, 1.807) is 0 Å². The van der Waals surface area contributed by atoms with Crippen molar-refractivity contribution in [3.05, 3.63) is 17.0 Å². The number of hydrogen-bond acceptors (Lipinski definition) is 5. The summed E-state index contributed by atoms with van der Waals surface area (Å²) < 4.78 is 8.46. The quantitative estimate of drug-likeness (QED) is 0.772. The monoisotopic (exact) mass is 406 g/mol.